The molecule has 0 bridgehead atoms. The standard InChI is InChI=1S/C24H24N4O4S2/c1-31-18-8-4-16(5-9-18)21-22(17-6-10-19(32-2)11-7-17)28-23(27-21)20(33)12-15-34(29,30)24-25-13-3-14-26-24/h3-11,13-14,20,33H,12,15H2,1-2H3,(H,27,28). The summed E-state index contributed by atoms with van der Waals surface area (Å²) < 4.78 is 35.7. The minimum atomic E-state index is -3.63. The van der Waals surface area contributed by atoms with Crippen molar-refractivity contribution < 1.29 is 17.9 Å². The van der Waals surface area contributed by atoms with Crippen LogP contribution < -0.4 is 9.47 Å². The molecule has 4 rings (SSSR count). The van der Waals surface area contributed by atoms with Gasteiger partial charge in [0, 0.05) is 23.5 Å². The number of H-pyrrole nitrogens is 1. The van der Waals surface area contributed by atoms with E-state index in [2.05, 4.69) is 27.6 Å². The molecule has 0 aliphatic rings. The molecule has 34 heavy (non-hydrogen) atoms. The molecule has 0 radical (unpaired) electrons. The molecule has 0 aliphatic heterocycles. The maximum Gasteiger partial charge on any atom is 0.246 e. The fraction of sp³-hybridized carbons (Fsp3) is 0.208. The van der Waals surface area contributed by atoms with Crippen LogP contribution in [0.25, 0.3) is 22.5 Å². The molecule has 2 aromatic carbocycles. The lowest BCUT2D eigenvalue weighted by molar-refractivity contribution is 0.414. The van der Waals surface area contributed by atoms with E-state index in [9.17, 15) is 8.42 Å². The predicted octanol–water partition coefficient (Wildman–Crippen LogP) is 4.39. The van der Waals surface area contributed by atoms with Crippen molar-refractivity contribution in [2.45, 2.75) is 16.8 Å². The summed E-state index contributed by atoms with van der Waals surface area (Å²) in [6.07, 6.45) is 3.06. The third kappa shape index (κ3) is 5.23. The highest BCUT2D eigenvalue weighted by molar-refractivity contribution is 7.91. The van der Waals surface area contributed by atoms with Crippen molar-refractivity contribution in [2.75, 3.05) is 20.0 Å². The molecule has 0 amide bonds. The van der Waals surface area contributed by atoms with Gasteiger partial charge in [0.15, 0.2) is 0 Å². The third-order valence-electron chi connectivity index (χ3n) is 5.26. The normalized spacial score (nSPS) is 12.3. The first-order valence-corrected chi connectivity index (χ1v) is 12.6. The van der Waals surface area contributed by atoms with E-state index in [1.807, 2.05) is 48.5 Å². The van der Waals surface area contributed by atoms with Gasteiger partial charge in [-0.15, -0.1) is 0 Å². The van der Waals surface area contributed by atoms with Gasteiger partial charge in [-0.1, -0.05) is 0 Å². The molecule has 0 spiro atoms. The van der Waals surface area contributed by atoms with Crippen LogP contribution in [0.5, 0.6) is 11.5 Å². The van der Waals surface area contributed by atoms with Crippen molar-refractivity contribution in [1.82, 2.24) is 19.9 Å². The molecule has 0 saturated carbocycles. The van der Waals surface area contributed by atoms with Gasteiger partial charge in [-0.25, -0.2) is 23.4 Å². The highest BCUT2D eigenvalue weighted by Gasteiger charge is 2.23. The molecule has 0 aliphatic carbocycles. The Morgan fingerprint density at radius 2 is 1.47 bits per heavy atom. The molecule has 1 unspecified atom stereocenters. The summed E-state index contributed by atoms with van der Waals surface area (Å²) in [5.41, 5.74) is 3.34. The molecule has 0 fully saturated rings. The van der Waals surface area contributed by atoms with E-state index in [0.29, 0.717) is 5.82 Å². The molecule has 0 saturated heterocycles. The third-order valence-corrected chi connectivity index (χ3v) is 7.30. The van der Waals surface area contributed by atoms with E-state index < -0.39 is 15.1 Å². The number of methoxy groups -OCH3 is 2. The van der Waals surface area contributed by atoms with E-state index in [4.69, 9.17) is 14.5 Å². The lowest BCUT2D eigenvalue weighted by atomic mass is 10.0. The molecule has 2 heterocycles. The fourth-order valence-electron chi connectivity index (χ4n) is 3.41. The van der Waals surface area contributed by atoms with Gasteiger partial charge in [0.1, 0.15) is 17.3 Å². The number of rotatable bonds is 9. The van der Waals surface area contributed by atoms with Crippen LogP contribution in [-0.2, 0) is 9.84 Å². The molecule has 8 nitrogen and oxygen atoms in total. The first-order chi connectivity index (χ1) is 16.4. The van der Waals surface area contributed by atoms with Gasteiger partial charge < -0.3 is 14.5 Å². The van der Waals surface area contributed by atoms with Gasteiger partial charge in [-0.3, -0.25) is 0 Å². The van der Waals surface area contributed by atoms with Gasteiger partial charge in [0.05, 0.1) is 36.6 Å². The Hall–Kier alpha value is -3.37. The number of aromatic nitrogens is 4. The molecular formula is C24H24N4O4S2. The van der Waals surface area contributed by atoms with Crippen molar-refractivity contribution in [2.24, 2.45) is 0 Å². The van der Waals surface area contributed by atoms with E-state index in [1.165, 1.54) is 12.4 Å². The van der Waals surface area contributed by atoms with Crippen LogP contribution in [0.3, 0.4) is 0 Å². The van der Waals surface area contributed by atoms with Crippen molar-refractivity contribution in [3.05, 3.63) is 72.8 Å². The number of aromatic amines is 1. The van der Waals surface area contributed by atoms with Gasteiger partial charge in [-0.2, -0.15) is 12.6 Å². The SMILES string of the molecule is COc1ccc(-c2nc(C(S)CCS(=O)(=O)c3ncccn3)[nH]c2-c2ccc(OC)cc2)cc1. The van der Waals surface area contributed by atoms with Crippen LogP contribution in [0.1, 0.15) is 17.5 Å². The first kappa shape index (κ1) is 23.8. The summed E-state index contributed by atoms with van der Waals surface area (Å²) in [5.74, 6) is 1.91. The zero-order valence-corrected chi connectivity index (χ0v) is 20.4. The predicted molar refractivity (Wildman–Crippen MR) is 133 cm³/mol. The van der Waals surface area contributed by atoms with Crippen LogP contribution >= 0.6 is 12.6 Å². The van der Waals surface area contributed by atoms with Gasteiger partial charge >= 0.3 is 0 Å². The topological polar surface area (TPSA) is 107 Å². The van der Waals surface area contributed by atoms with Gasteiger partial charge in [0.2, 0.25) is 15.0 Å². The summed E-state index contributed by atoms with van der Waals surface area (Å²) in [4.78, 5) is 15.9. The fourth-order valence-corrected chi connectivity index (χ4v) is 5.01. The Balaban J connectivity index is 1.65. The van der Waals surface area contributed by atoms with Crippen LogP contribution in [0, 0.1) is 0 Å². The Morgan fingerprint density at radius 3 is 2.03 bits per heavy atom. The number of ether oxygens (including phenoxy) is 2. The lowest BCUT2D eigenvalue weighted by Gasteiger charge is -2.08. The van der Waals surface area contributed by atoms with Crippen LogP contribution in [0.4, 0.5) is 0 Å². The molecule has 4 aromatic rings. The molecule has 176 valence electrons. The van der Waals surface area contributed by atoms with Crippen molar-refractivity contribution in [3.8, 4) is 34.0 Å². The smallest absolute Gasteiger partial charge is 0.246 e. The van der Waals surface area contributed by atoms with Crippen molar-refractivity contribution >= 4 is 22.5 Å². The van der Waals surface area contributed by atoms with E-state index in [1.54, 1.807) is 20.3 Å². The molecule has 1 atom stereocenters. The quantitative estimate of drug-likeness (QED) is 0.261. The lowest BCUT2D eigenvalue weighted by Crippen LogP contribution is -2.12. The Morgan fingerprint density at radius 1 is 0.912 bits per heavy atom. The van der Waals surface area contributed by atoms with Crippen LogP contribution in [0.2, 0.25) is 0 Å². The summed E-state index contributed by atoms with van der Waals surface area (Å²) in [7, 11) is -0.394. The maximum atomic E-state index is 12.6. The number of thiol groups is 1. The monoisotopic (exact) mass is 496 g/mol. The second-order valence-electron chi connectivity index (χ2n) is 7.46. The number of nitrogens with zero attached hydrogens (tertiary/aromatic N) is 3. The van der Waals surface area contributed by atoms with Gasteiger partial charge in [-0.05, 0) is 61.0 Å². The van der Waals surface area contributed by atoms with E-state index in [0.717, 1.165) is 34.0 Å². The minimum absolute atomic E-state index is 0.151. The largest absolute Gasteiger partial charge is 0.497 e. The molecular weight excluding hydrogens is 472 g/mol. The summed E-state index contributed by atoms with van der Waals surface area (Å²) in [6, 6.07) is 16.8. The van der Waals surface area contributed by atoms with Gasteiger partial charge in [0.25, 0.3) is 0 Å². The minimum Gasteiger partial charge on any atom is -0.497 e. The number of hydrogen-bond donors (Lipinski definition) is 2. The highest BCUT2D eigenvalue weighted by atomic mass is 32.2. The summed E-state index contributed by atoms with van der Waals surface area (Å²) >= 11 is 4.65. The van der Waals surface area contributed by atoms with Crippen LogP contribution in [-0.4, -0.2) is 48.3 Å². The first-order valence-electron chi connectivity index (χ1n) is 10.5. The Kier molecular flexibility index (Phi) is 7.18. The maximum absolute atomic E-state index is 12.6. The molecule has 1 N–H and O–H groups in total. The van der Waals surface area contributed by atoms with E-state index >= 15 is 0 Å². The number of hydrogen-bond acceptors (Lipinski definition) is 8. The number of nitrogens with one attached hydrogen (secondary N) is 1. The Bertz CT molecular complexity index is 1280. The highest BCUT2D eigenvalue weighted by Crippen LogP contribution is 2.35. The number of benzene rings is 2. The van der Waals surface area contributed by atoms with Crippen LogP contribution in [0.15, 0.2) is 72.1 Å². The Labute approximate surface area is 203 Å². The average molecular weight is 497 g/mol. The second kappa shape index (κ2) is 10.3. The average Bonchev–Trinajstić information content (AvgIpc) is 3.33. The summed E-state index contributed by atoms with van der Waals surface area (Å²) in [6.45, 7) is 0. The van der Waals surface area contributed by atoms with Crippen molar-refractivity contribution in [1.29, 1.82) is 0 Å². The van der Waals surface area contributed by atoms with E-state index in [-0.39, 0.29) is 17.3 Å². The number of imidazole rings is 1. The summed E-state index contributed by atoms with van der Waals surface area (Å²) in [5, 5.41) is -0.629. The number of sulfone groups is 1. The molecule has 2 aromatic heterocycles. The zero-order chi connectivity index (χ0) is 24.1. The second-order valence-corrected chi connectivity index (χ2v) is 10.1. The molecule has 10 heteroatoms. The van der Waals surface area contributed by atoms with Crippen molar-refractivity contribution in [3.63, 3.8) is 0 Å². The zero-order valence-electron chi connectivity index (χ0n) is 18.7.